The van der Waals surface area contributed by atoms with Gasteiger partial charge in [-0.15, -0.1) is 0 Å². The Bertz CT molecular complexity index is 427. The van der Waals surface area contributed by atoms with E-state index >= 15 is 0 Å². The smallest absolute Gasteiger partial charge is 0.389 e. The number of hydrogen-bond donors (Lipinski definition) is 1. The van der Waals surface area contributed by atoms with Crippen molar-refractivity contribution in [2.75, 3.05) is 7.11 Å². The molecule has 108 valence electrons. The maximum Gasteiger partial charge on any atom is 0.389 e. The molecule has 0 aliphatic heterocycles. The molecular weight excluding hydrogens is 264 g/mol. The van der Waals surface area contributed by atoms with Gasteiger partial charge in [-0.1, -0.05) is 0 Å². The first kappa shape index (κ1) is 15.8. The third kappa shape index (κ3) is 4.70. The first-order valence-corrected chi connectivity index (χ1v) is 5.79. The summed E-state index contributed by atoms with van der Waals surface area (Å²) in [4.78, 5) is 0. The van der Waals surface area contributed by atoms with Gasteiger partial charge < -0.3 is 9.84 Å². The molecule has 0 amide bonds. The van der Waals surface area contributed by atoms with Gasteiger partial charge >= 0.3 is 6.18 Å². The van der Waals surface area contributed by atoms with Gasteiger partial charge in [-0.05, 0) is 31.9 Å². The van der Waals surface area contributed by atoms with Crippen molar-refractivity contribution in [3.63, 3.8) is 0 Å². The van der Waals surface area contributed by atoms with Gasteiger partial charge in [0, 0.05) is 18.1 Å². The summed E-state index contributed by atoms with van der Waals surface area (Å²) in [5.74, 6) is -0.413. The summed E-state index contributed by atoms with van der Waals surface area (Å²) in [5.41, 5.74) is -1.67. The standard InChI is InChI=1S/C13H16F4O2/c1-12(18,6-3-7-13(15,16)17)10-5-4-9(19-2)8-11(10)14/h4-5,8,18H,3,6-7H2,1-2H3. The molecule has 19 heavy (non-hydrogen) atoms. The largest absolute Gasteiger partial charge is 0.497 e. The molecule has 0 aromatic heterocycles. The SMILES string of the molecule is COc1ccc(C(C)(O)CCCC(F)(F)F)c(F)c1. The van der Waals surface area contributed by atoms with Crippen LogP contribution in [0.5, 0.6) is 5.75 Å². The van der Waals surface area contributed by atoms with Crippen molar-refractivity contribution in [3.05, 3.63) is 29.6 Å². The van der Waals surface area contributed by atoms with Crippen LogP contribution >= 0.6 is 0 Å². The molecule has 2 nitrogen and oxygen atoms in total. The van der Waals surface area contributed by atoms with E-state index in [1.165, 1.54) is 26.2 Å². The molecule has 0 saturated heterocycles. The molecule has 1 atom stereocenters. The Morgan fingerprint density at radius 2 is 1.84 bits per heavy atom. The predicted molar refractivity (Wildman–Crippen MR) is 62.4 cm³/mol. The summed E-state index contributed by atoms with van der Waals surface area (Å²) in [5, 5.41) is 10.1. The second kappa shape index (κ2) is 5.77. The summed E-state index contributed by atoms with van der Waals surface area (Å²) in [6.45, 7) is 1.30. The van der Waals surface area contributed by atoms with E-state index in [9.17, 15) is 22.7 Å². The van der Waals surface area contributed by atoms with Crippen LogP contribution in [0.15, 0.2) is 18.2 Å². The number of methoxy groups -OCH3 is 1. The highest BCUT2D eigenvalue weighted by molar-refractivity contribution is 5.32. The van der Waals surface area contributed by atoms with Crippen LogP contribution in [0.25, 0.3) is 0 Å². The number of alkyl halides is 3. The van der Waals surface area contributed by atoms with Crippen molar-refractivity contribution >= 4 is 0 Å². The van der Waals surface area contributed by atoms with E-state index in [1.54, 1.807) is 0 Å². The minimum Gasteiger partial charge on any atom is -0.497 e. The molecule has 0 spiro atoms. The van der Waals surface area contributed by atoms with Crippen LogP contribution in [0, 0.1) is 5.82 Å². The number of halogens is 4. The van der Waals surface area contributed by atoms with Gasteiger partial charge in [-0.3, -0.25) is 0 Å². The summed E-state index contributed by atoms with van der Waals surface area (Å²) >= 11 is 0. The lowest BCUT2D eigenvalue weighted by Crippen LogP contribution is -2.23. The van der Waals surface area contributed by atoms with Crippen molar-refractivity contribution in [2.24, 2.45) is 0 Å². The second-order valence-electron chi connectivity index (χ2n) is 4.59. The highest BCUT2D eigenvalue weighted by atomic mass is 19.4. The highest BCUT2D eigenvalue weighted by Gasteiger charge is 2.31. The monoisotopic (exact) mass is 280 g/mol. The maximum absolute atomic E-state index is 13.7. The molecule has 0 bridgehead atoms. The Morgan fingerprint density at radius 1 is 1.21 bits per heavy atom. The van der Waals surface area contributed by atoms with Crippen LogP contribution in [0.4, 0.5) is 17.6 Å². The number of ether oxygens (including phenoxy) is 1. The number of hydrogen-bond acceptors (Lipinski definition) is 2. The third-order valence-electron chi connectivity index (χ3n) is 2.88. The summed E-state index contributed by atoms with van der Waals surface area (Å²) in [6.07, 6.45) is -5.70. The predicted octanol–water partition coefficient (Wildman–Crippen LogP) is 3.77. The van der Waals surface area contributed by atoms with Crippen LogP contribution in [0.2, 0.25) is 0 Å². The van der Waals surface area contributed by atoms with Crippen molar-refractivity contribution in [2.45, 2.75) is 38.0 Å². The lowest BCUT2D eigenvalue weighted by molar-refractivity contribution is -0.137. The Morgan fingerprint density at radius 3 is 2.32 bits per heavy atom. The summed E-state index contributed by atoms with van der Waals surface area (Å²) < 4.78 is 54.7. The van der Waals surface area contributed by atoms with E-state index in [0.717, 1.165) is 6.07 Å². The fourth-order valence-corrected chi connectivity index (χ4v) is 1.83. The fourth-order valence-electron chi connectivity index (χ4n) is 1.83. The second-order valence-corrected chi connectivity index (χ2v) is 4.59. The zero-order valence-electron chi connectivity index (χ0n) is 10.7. The quantitative estimate of drug-likeness (QED) is 0.832. The van der Waals surface area contributed by atoms with Gasteiger partial charge in [0.2, 0.25) is 0 Å². The van der Waals surface area contributed by atoms with Gasteiger partial charge in [0.25, 0.3) is 0 Å². The average Bonchev–Trinajstić information content (AvgIpc) is 2.26. The van der Waals surface area contributed by atoms with Gasteiger partial charge in [0.1, 0.15) is 11.6 Å². The molecular formula is C13H16F4O2. The Hall–Kier alpha value is -1.30. The van der Waals surface area contributed by atoms with Crippen molar-refractivity contribution in [1.29, 1.82) is 0 Å². The van der Waals surface area contributed by atoms with E-state index in [-0.39, 0.29) is 24.2 Å². The summed E-state index contributed by atoms with van der Waals surface area (Å²) in [7, 11) is 1.37. The van der Waals surface area contributed by atoms with Crippen LogP contribution in [0.3, 0.4) is 0 Å². The Kier molecular flexibility index (Phi) is 4.79. The molecule has 0 heterocycles. The summed E-state index contributed by atoms with van der Waals surface area (Å²) in [6, 6.07) is 3.87. The molecule has 1 aromatic rings. The van der Waals surface area contributed by atoms with Gasteiger partial charge in [-0.25, -0.2) is 4.39 Å². The maximum atomic E-state index is 13.7. The average molecular weight is 280 g/mol. The molecule has 1 unspecified atom stereocenters. The molecule has 1 rings (SSSR count). The minimum atomic E-state index is -4.27. The van der Waals surface area contributed by atoms with E-state index in [1.807, 2.05) is 0 Å². The van der Waals surface area contributed by atoms with Gasteiger partial charge in [-0.2, -0.15) is 13.2 Å². The van der Waals surface area contributed by atoms with Gasteiger partial charge in [0.15, 0.2) is 0 Å². The number of benzene rings is 1. The van der Waals surface area contributed by atoms with Crippen molar-refractivity contribution < 1.29 is 27.4 Å². The number of rotatable bonds is 5. The van der Waals surface area contributed by atoms with E-state index < -0.39 is 24.0 Å². The zero-order valence-corrected chi connectivity index (χ0v) is 10.7. The molecule has 1 aromatic carbocycles. The number of aliphatic hydroxyl groups is 1. The molecule has 0 saturated carbocycles. The van der Waals surface area contributed by atoms with Crippen molar-refractivity contribution in [3.8, 4) is 5.75 Å². The minimum absolute atomic E-state index is 0.0320. The van der Waals surface area contributed by atoms with Crippen LogP contribution in [0.1, 0.15) is 31.7 Å². The Balaban J connectivity index is 2.76. The first-order chi connectivity index (χ1) is 8.65. The van der Waals surface area contributed by atoms with Crippen LogP contribution < -0.4 is 4.74 Å². The molecule has 6 heteroatoms. The van der Waals surface area contributed by atoms with E-state index in [2.05, 4.69) is 0 Å². The molecule has 0 aliphatic rings. The molecule has 0 fully saturated rings. The Labute approximate surface area is 109 Å². The van der Waals surface area contributed by atoms with Crippen LogP contribution in [-0.2, 0) is 5.60 Å². The van der Waals surface area contributed by atoms with Crippen molar-refractivity contribution in [1.82, 2.24) is 0 Å². The third-order valence-corrected chi connectivity index (χ3v) is 2.88. The fraction of sp³-hybridized carbons (Fsp3) is 0.538. The molecule has 1 N–H and O–H groups in total. The van der Waals surface area contributed by atoms with E-state index in [4.69, 9.17) is 4.74 Å². The normalized spacial score (nSPS) is 15.1. The van der Waals surface area contributed by atoms with Crippen LogP contribution in [-0.4, -0.2) is 18.4 Å². The van der Waals surface area contributed by atoms with Gasteiger partial charge in [0.05, 0.1) is 12.7 Å². The first-order valence-electron chi connectivity index (χ1n) is 5.79. The van der Waals surface area contributed by atoms with E-state index in [0.29, 0.717) is 0 Å². The lowest BCUT2D eigenvalue weighted by atomic mass is 9.90. The highest BCUT2D eigenvalue weighted by Crippen LogP contribution is 2.32. The zero-order chi connectivity index (χ0) is 14.7. The topological polar surface area (TPSA) is 29.5 Å². The lowest BCUT2D eigenvalue weighted by Gasteiger charge is -2.24. The molecule has 0 radical (unpaired) electrons. The molecule has 0 aliphatic carbocycles.